The summed E-state index contributed by atoms with van der Waals surface area (Å²) in [5.74, 6) is -2.44. The van der Waals surface area contributed by atoms with Crippen molar-refractivity contribution in [2.24, 2.45) is 0 Å². The normalized spacial score (nSPS) is 12.5. The second-order valence-electron chi connectivity index (χ2n) is 3.40. The maximum atomic E-state index is 13.2. The minimum Gasteiger partial charge on any atom is -0.396 e. The summed E-state index contributed by atoms with van der Waals surface area (Å²) in [7, 11) is -4.66. The summed E-state index contributed by atoms with van der Waals surface area (Å²) >= 11 is 0. The van der Waals surface area contributed by atoms with Crippen molar-refractivity contribution >= 4 is 21.6 Å². The van der Waals surface area contributed by atoms with Gasteiger partial charge in [0.25, 0.3) is 10.2 Å². The molecule has 19 heavy (non-hydrogen) atoms. The van der Waals surface area contributed by atoms with E-state index in [1.165, 1.54) is 4.72 Å². The van der Waals surface area contributed by atoms with E-state index >= 15 is 0 Å². The van der Waals surface area contributed by atoms with Gasteiger partial charge in [0.1, 0.15) is 18.2 Å². The zero-order valence-electron chi connectivity index (χ0n) is 9.05. The maximum absolute atomic E-state index is 13.2. The first kappa shape index (κ1) is 15.4. The van der Waals surface area contributed by atoms with E-state index in [2.05, 4.69) is 0 Å². The molecule has 1 aromatic rings. The minimum atomic E-state index is -4.77. The Bertz CT molecular complexity index is 572. The number of halogens is 5. The van der Waals surface area contributed by atoms with Crippen LogP contribution in [-0.2, 0) is 10.2 Å². The summed E-state index contributed by atoms with van der Waals surface area (Å²) in [6.45, 7) is -1.83. The average Bonchev–Trinajstić information content (AvgIpc) is 2.22. The van der Waals surface area contributed by atoms with Gasteiger partial charge in [-0.3, -0.25) is 4.72 Å². The first-order valence-corrected chi connectivity index (χ1v) is 6.07. The van der Waals surface area contributed by atoms with Crippen LogP contribution in [0.1, 0.15) is 0 Å². The van der Waals surface area contributed by atoms with Gasteiger partial charge in [-0.2, -0.15) is 26.3 Å². The van der Waals surface area contributed by atoms with Crippen LogP contribution in [0.15, 0.2) is 12.1 Å². The molecule has 0 amide bonds. The van der Waals surface area contributed by atoms with Gasteiger partial charge in [0.2, 0.25) is 0 Å². The van der Waals surface area contributed by atoms with Crippen LogP contribution in [0.2, 0.25) is 0 Å². The smallest absolute Gasteiger partial charge is 0.396 e. The topological polar surface area (TPSA) is 84.2 Å². The van der Waals surface area contributed by atoms with Gasteiger partial charge >= 0.3 is 6.18 Å². The molecular formula is C8H8F5N3O2S. The zero-order valence-corrected chi connectivity index (χ0v) is 9.87. The van der Waals surface area contributed by atoms with Crippen LogP contribution in [0.4, 0.5) is 33.3 Å². The number of nitrogens with two attached hydrogens (primary N) is 1. The molecule has 0 spiro atoms. The molecule has 4 N–H and O–H groups in total. The summed E-state index contributed by atoms with van der Waals surface area (Å²) in [4.78, 5) is 0. The van der Waals surface area contributed by atoms with Crippen LogP contribution in [0.5, 0.6) is 0 Å². The lowest BCUT2D eigenvalue weighted by Gasteiger charge is -2.12. The van der Waals surface area contributed by atoms with E-state index < -0.39 is 45.9 Å². The minimum absolute atomic E-state index is 0.303. The van der Waals surface area contributed by atoms with E-state index in [0.29, 0.717) is 12.1 Å². The number of nitrogen functional groups attached to an aromatic ring is 1. The summed E-state index contributed by atoms with van der Waals surface area (Å²) < 4.78 is 86.4. The molecule has 0 bridgehead atoms. The van der Waals surface area contributed by atoms with E-state index in [1.54, 1.807) is 0 Å². The van der Waals surface area contributed by atoms with Gasteiger partial charge in [0.15, 0.2) is 0 Å². The molecule has 0 aliphatic carbocycles. The molecule has 108 valence electrons. The summed E-state index contributed by atoms with van der Waals surface area (Å²) in [5, 5.41) is 0. The van der Waals surface area contributed by atoms with Crippen LogP contribution in [-0.4, -0.2) is 21.1 Å². The largest absolute Gasteiger partial charge is 0.402 e. The molecule has 5 nitrogen and oxygen atoms in total. The van der Waals surface area contributed by atoms with Gasteiger partial charge in [0.05, 0.1) is 11.4 Å². The fraction of sp³-hybridized carbons (Fsp3) is 0.250. The Labute approximate surface area is 104 Å². The molecule has 0 aromatic heterocycles. The van der Waals surface area contributed by atoms with Crippen LogP contribution >= 0.6 is 0 Å². The lowest BCUT2D eigenvalue weighted by Crippen LogP contribution is -2.37. The molecular weight excluding hydrogens is 297 g/mol. The van der Waals surface area contributed by atoms with Gasteiger partial charge in [-0.05, 0) is 6.07 Å². The van der Waals surface area contributed by atoms with E-state index in [-0.39, 0.29) is 0 Å². The molecule has 0 aliphatic rings. The molecule has 0 atom stereocenters. The second kappa shape index (κ2) is 5.17. The van der Waals surface area contributed by atoms with Crippen molar-refractivity contribution < 1.29 is 30.4 Å². The third kappa shape index (κ3) is 4.87. The molecule has 11 heteroatoms. The first-order valence-electron chi connectivity index (χ1n) is 4.59. The van der Waals surface area contributed by atoms with Crippen molar-refractivity contribution in [2.45, 2.75) is 6.18 Å². The Morgan fingerprint density at radius 3 is 2.26 bits per heavy atom. The molecule has 0 saturated heterocycles. The molecule has 0 heterocycles. The summed E-state index contributed by atoms with van der Waals surface area (Å²) in [6, 6.07) is 0.911. The van der Waals surface area contributed by atoms with Crippen LogP contribution in [0.25, 0.3) is 0 Å². The highest BCUT2D eigenvalue weighted by Gasteiger charge is 2.29. The first-order chi connectivity index (χ1) is 8.50. The quantitative estimate of drug-likeness (QED) is 0.580. The van der Waals surface area contributed by atoms with Crippen molar-refractivity contribution in [3.63, 3.8) is 0 Å². The third-order valence-corrected chi connectivity index (χ3v) is 2.81. The third-order valence-electron chi connectivity index (χ3n) is 1.79. The lowest BCUT2D eigenvalue weighted by molar-refractivity contribution is -0.121. The number of hydrogen-bond acceptors (Lipinski definition) is 3. The van der Waals surface area contributed by atoms with Gasteiger partial charge in [-0.25, -0.2) is 8.78 Å². The molecule has 1 rings (SSSR count). The van der Waals surface area contributed by atoms with E-state index in [1.807, 2.05) is 0 Å². The Balaban J connectivity index is 2.87. The monoisotopic (exact) mass is 305 g/mol. The molecule has 0 aliphatic heterocycles. The fourth-order valence-corrected chi connectivity index (χ4v) is 1.87. The van der Waals surface area contributed by atoms with Gasteiger partial charge in [0, 0.05) is 6.07 Å². The van der Waals surface area contributed by atoms with Crippen molar-refractivity contribution in [2.75, 3.05) is 17.0 Å². The van der Waals surface area contributed by atoms with Crippen molar-refractivity contribution in [3.8, 4) is 0 Å². The Hall–Kier alpha value is -1.62. The maximum Gasteiger partial charge on any atom is 0.402 e. The van der Waals surface area contributed by atoms with Crippen LogP contribution in [0, 0.1) is 11.6 Å². The number of nitrogens with one attached hydrogen (secondary N) is 2. The zero-order chi connectivity index (χ0) is 14.8. The van der Waals surface area contributed by atoms with Crippen molar-refractivity contribution in [3.05, 3.63) is 23.8 Å². The molecule has 0 fully saturated rings. The Morgan fingerprint density at radius 2 is 1.74 bits per heavy atom. The lowest BCUT2D eigenvalue weighted by atomic mass is 10.2. The van der Waals surface area contributed by atoms with E-state index in [0.717, 1.165) is 4.72 Å². The Morgan fingerprint density at radius 1 is 1.16 bits per heavy atom. The van der Waals surface area contributed by atoms with E-state index in [9.17, 15) is 30.4 Å². The van der Waals surface area contributed by atoms with E-state index in [4.69, 9.17) is 5.73 Å². The van der Waals surface area contributed by atoms with Crippen LogP contribution in [0.3, 0.4) is 0 Å². The molecule has 0 radical (unpaired) electrons. The number of benzene rings is 1. The molecule has 0 unspecified atom stereocenters. The number of rotatable bonds is 4. The highest BCUT2D eigenvalue weighted by Crippen LogP contribution is 2.22. The van der Waals surface area contributed by atoms with Crippen molar-refractivity contribution in [1.82, 2.24) is 4.72 Å². The standard InChI is InChI=1S/C8H8F5N3O2S/c9-4-1-5(10)7(2-6(4)14)16-19(17,18)15-3-8(11,12)13/h1-2,15-16H,3,14H2. The number of anilines is 2. The van der Waals surface area contributed by atoms with Gasteiger partial charge in [-0.15, -0.1) is 0 Å². The SMILES string of the molecule is Nc1cc(NS(=O)(=O)NCC(F)(F)F)c(F)cc1F. The fourth-order valence-electron chi connectivity index (χ4n) is 1.00. The van der Waals surface area contributed by atoms with Gasteiger partial charge in [-0.1, -0.05) is 0 Å². The average molecular weight is 305 g/mol. The van der Waals surface area contributed by atoms with Gasteiger partial charge < -0.3 is 5.73 Å². The highest BCUT2D eigenvalue weighted by atomic mass is 32.2. The molecule has 1 aromatic carbocycles. The predicted molar refractivity (Wildman–Crippen MR) is 57.4 cm³/mol. The second-order valence-corrected chi connectivity index (χ2v) is 4.90. The summed E-state index contributed by atoms with van der Waals surface area (Å²) in [6.07, 6.45) is -4.77. The highest BCUT2D eigenvalue weighted by molar-refractivity contribution is 7.90. The number of hydrogen-bond donors (Lipinski definition) is 3. The Kier molecular flexibility index (Phi) is 4.20. The van der Waals surface area contributed by atoms with Crippen LogP contribution < -0.4 is 15.2 Å². The summed E-state index contributed by atoms with van der Waals surface area (Å²) in [5.41, 5.74) is 3.74. The van der Waals surface area contributed by atoms with Crippen molar-refractivity contribution in [1.29, 1.82) is 0 Å². The molecule has 0 saturated carbocycles. The number of alkyl halides is 3. The predicted octanol–water partition coefficient (Wildman–Crippen LogP) is 1.36.